The van der Waals surface area contributed by atoms with Crippen LogP contribution in [0.3, 0.4) is 0 Å². The van der Waals surface area contributed by atoms with Gasteiger partial charge in [-0.1, -0.05) is 89.9 Å². The molecule has 44 heavy (non-hydrogen) atoms. The van der Waals surface area contributed by atoms with Gasteiger partial charge in [-0.2, -0.15) is 0 Å². The second kappa shape index (κ2) is 15.1. The molecule has 0 saturated heterocycles. The van der Waals surface area contributed by atoms with Gasteiger partial charge in [0, 0.05) is 20.0 Å². The van der Waals surface area contributed by atoms with Crippen molar-refractivity contribution in [1.29, 1.82) is 0 Å². The summed E-state index contributed by atoms with van der Waals surface area (Å²) in [4.78, 5) is 29.2. The topological polar surface area (TPSA) is 96.0 Å². The zero-order valence-corrected chi connectivity index (χ0v) is 26.6. The smallest absolute Gasteiger partial charge is 0.264 e. The highest BCUT2D eigenvalue weighted by Crippen LogP contribution is 2.33. The van der Waals surface area contributed by atoms with Crippen molar-refractivity contribution < 1.29 is 22.7 Å². The average molecular weight is 655 g/mol. The summed E-state index contributed by atoms with van der Waals surface area (Å²) in [5, 5.41) is 3.29. The molecule has 0 aliphatic heterocycles. The number of amides is 2. The van der Waals surface area contributed by atoms with Gasteiger partial charge in [0.2, 0.25) is 11.8 Å². The standard InChI is InChI=1S/C33H33Cl2N3O5S/c1-3-43-31-17-11-10-16-29(31)38(44(41,42)26-14-8-5-9-15-26)23-32(39)37(22-25-18-19-27(34)28(35)20-25)30(33(40)36-2)21-24-12-6-4-7-13-24/h4-20,30H,3,21-23H2,1-2H3,(H,36,40)/t30-/m0/s1. The zero-order valence-electron chi connectivity index (χ0n) is 24.3. The summed E-state index contributed by atoms with van der Waals surface area (Å²) in [5.41, 5.74) is 1.63. The lowest BCUT2D eigenvalue weighted by molar-refractivity contribution is -0.139. The Morgan fingerprint density at radius 1 is 0.841 bits per heavy atom. The van der Waals surface area contributed by atoms with E-state index < -0.39 is 34.4 Å². The maximum absolute atomic E-state index is 14.4. The van der Waals surface area contributed by atoms with E-state index in [1.807, 2.05) is 30.3 Å². The van der Waals surface area contributed by atoms with Gasteiger partial charge in [0.15, 0.2) is 0 Å². The minimum atomic E-state index is -4.25. The Labute approximate surface area is 268 Å². The number of benzene rings is 4. The van der Waals surface area contributed by atoms with E-state index in [4.69, 9.17) is 27.9 Å². The van der Waals surface area contributed by atoms with Crippen LogP contribution in [0.15, 0.2) is 108 Å². The minimum Gasteiger partial charge on any atom is -0.492 e. The van der Waals surface area contributed by atoms with Gasteiger partial charge in [-0.05, 0) is 54.4 Å². The summed E-state index contributed by atoms with van der Waals surface area (Å²) < 4.78 is 35.1. The summed E-state index contributed by atoms with van der Waals surface area (Å²) >= 11 is 12.4. The van der Waals surface area contributed by atoms with E-state index in [-0.39, 0.29) is 35.2 Å². The first-order chi connectivity index (χ1) is 21.1. The fourth-order valence-electron chi connectivity index (χ4n) is 4.73. The lowest BCUT2D eigenvalue weighted by Gasteiger charge is -2.34. The number of carbonyl (C=O) groups is 2. The predicted octanol–water partition coefficient (Wildman–Crippen LogP) is 5.97. The molecule has 0 aliphatic carbocycles. The predicted molar refractivity (Wildman–Crippen MR) is 174 cm³/mol. The Morgan fingerprint density at radius 2 is 1.48 bits per heavy atom. The monoisotopic (exact) mass is 653 g/mol. The second-order valence-electron chi connectivity index (χ2n) is 9.82. The maximum atomic E-state index is 14.4. The van der Waals surface area contributed by atoms with Crippen molar-refractivity contribution in [2.45, 2.75) is 30.8 Å². The van der Waals surface area contributed by atoms with Crippen LogP contribution in [0.25, 0.3) is 0 Å². The van der Waals surface area contributed by atoms with E-state index in [1.165, 1.54) is 24.1 Å². The molecule has 0 bridgehead atoms. The highest BCUT2D eigenvalue weighted by Gasteiger charge is 2.35. The van der Waals surface area contributed by atoms with Crippen molar-refractivity contribution in [3.63, 3.8) is 0 Å². The molecule has 0 unspecified atom stereocenters. The van der Waals surface area contributed by atoms with Gasteiger partial charge in [-0.25, -0.2) is 8.42 Å². The second-order valence-corrected chi connectivity index (χ2v) is 12.5. The number of hydrogen-bond donors (Lipinski definition) is 1. The van der Waals surface area contributed by atoms with Crippen molar-refractivity contribution in [3.8, 4) is 5.75 Å². The molecule has 0 fully saturated rings. The van der Waals surface area contributed by atoms with Crippen molar-refractivity contribution >= 4 is 50.7 Å². The van der Waals surface area contributed by atoms with Gasteiger partial charge in [0.25, 0.3) is 10.0 Å². The third-order valence-electron chi connectivity index (χ3n) is 6.90. The fourth-order valence-corrected chi connectivity index (χ4v) is 6.50. The first-order valence-electron chi connectivity index (χ1n) is 13.9. The lowest BCUT2D eigenvalue weighted by Crippen LogP contribution is -2.53. The van der Waals surface area contributed by atoms with E-state index >= 15 is 0 Å². The maximum Gasteiger partial charge on any atom is 0.264 e. The molecule has 0 spiro atoms. The highest BCUT2D eigenvalue weighted by molar-refractivity contribution is 7.92. The molecular formula is C33H33Cl2N3O5S. The van der Waals surface area contributed by atoms with E-state index in [9.17, 15) is 18.0 Å². The molecule has 0 radical (unpaired) electrons. The van der Waals surface area contributed by atoms with E-state index in [2.05, 4.69) is 5.32 Å². The van der Waals surface area contributed by atoms with Gasteiger partial charge in [0.05, 0.1) is 27.2 Å². The molecule has 230 valence electrons. The number of rotatable bonds is 13. The highest BCUT2D eigenvalue weighted by atomic mass is 35.5. The molecule has 0 aliphatic rings. The van der Waals surface area contributed by atoms with Crippen molar-refractivity contribution in [1.82, 2.24) is 10.2 Å². The first-order valence-corrected chi connectivity index (χ1v) is 16.1. The molecule has 4 rings (SSSR count). The van der Waals surface area contributed by atoms with Crippen LogP contribution in [0, 0.1) is 0 Å². The van der Waals surface area contributed by atoms with Crippen LogP contribution in [0.1, 0.15) is 18.1 Å². The average Bonchev–Trinajstić information content (AvgIpc) is 3.04. The summed E-state index contributed by atoms with van der Waals surface area (Å²) in [6.45, 7) is 1.43. The Morgan fingerprint density at radius 3 is 2.11 bits per heavy atom. The van der Waals surface area contributed by atoms with Crippen LogP contribution in [-0.4, -0.2) is 51.4 Å². The van der Waals surface area contributed by atoms with Crippen molar-refractivity contribution in [3.05, 3.63) is 124 Å². The Bertz CT molecular complexity index is 1690. The van der Waals surface area contributed by atoms with Crippen LogP contribution in [0.4, 0.5) is 5.69 Å². The minimum absolute atomic E-state index is 0.00210. The molecule has 4 aromatic rings. The van der Waals surface area contributed by atoms with Gasteiger partial charge < -0.3 is 15.0 Å². The molecule has 1 N–H and O–H groups in total. The molecule has 0 heterocycles. The third-order valence-corrected chi connectivity index (χ3v) is 9.41. The Balaban J connectivity index is 1.83. The van der Waals surface area contributed by atoms with Crippen LogP contribution in [0.5, 0.6) is 5.75 Å². The summed E-state index contributed by atoms with van der Waals surface area (Å²) in [7, 11) is -2.76. The number of anilines is 1. The Kier molecular flexibility index (Phi) is 11.3. The van der Waals surface area contributed by atoms with E-state index in [1.54, 1.807) is 67.6 Å². The van der Waals surface area contributed by atoms with Gasteiger partial charge >= 0.3 is 0 Å². The molecule has 11 heteroatoms. The van der Waals surface area contributed by atoms with Gasteiger partial charge in [-0.3, -0.25) is 13.9 Å². The first kappa shape index (κ1) is 32.9. The number of nitrogens with zero attached hydrogens (tertiary/aromatic N) is 2. The van der Waals surface area contributed by atoms with E-state index in [0.717, 1.165) is 9.87 Å². The Hall–Kier alpha value is -4.05. The number of ether oxygens (including phenoxy) is 1. The van der Waals surface area contributed by atoms with Crippen molar-refractivity contribution in [2.75, 3.05) is 24.5 Å². The van der Waals surface area contributed by atoms with E-state index in [0.29, 0.717) is 16.3 Å². The molecular weight excluding hydrogens is 621 g/mol. The summed E-state index contributed by atoms with van der Waals surface area (Å²) in [6, 6.07) is 27.7. The quantitative estimate of drug-likeness (QED) is 0.192. The number of carbonyl (C=O) groups excluding carboxylic acids is 2. The van der Waals surface area contributed by atoms with Crippen LogP contribution in [-0.2, 0) is 32.6 Å². The fraction of sp³-hybridized carbons (Fsp3) is 0.212. The molecule has 2 amide bonds. The summed E-state index contributed by atoms with van der Waals surface area (Å²) in [6.07, 6.45) is 0.189. The van der Waals surface area contributed by atoms with Gasteiger partial charge in [-0.15, -0.1) is 0 Å². The summed E-state index contributed by atoms with van der Waals surface area (Å²) in [5.74, 6) is -0.716. The number of likely N-dealkylation sites (N-methyl/N-ethyl adjacent to an activating group) is 1. The van der Waals surface area contributed by atoms with Crippen LogP contribution < -0.4 is 14.4 Å². The number of hydrogen-bond acceptors (Lipinski definition) is 5. The molecule has 0 saturated carbocycles. The number of halogens is 2. The van der Waals surface area contributed by atoms with Gasteiger partial charge in [0.1, 0.15) is 18.3 Å². The molecule has 1 atom stereocenters. The third kappa shape index (κ3) is 7.91. The normalized spacial score (nSPS) is 11.8. The molecule has 8 nitrogen and oxygen atoms in total. The zero-order chi connectivity index (χ0) is 31.7. The largest absolute Gasteiger partial charge is 0.492 e. The number of para-hydroxylation sites is 2. The lowest BCUT2D eigenvalue weighted by atomic mass is 10.0. The number of nitrogens with one attached hydrogen (secondary N) is 1. The molecule has 0 aromatic heterocycles. The SMILES string of the molecule is CCOc1ccccc1N(CC(=O)N(Cc1ccc(Cl)c(Cl)c1)[C@@H](Cc1ccccc1)C(=O)NC)S(=O)(=O)c1ccccc1. The molecule has 4 aromatic carbocycles. The van der Waals surface area contributed by atoms with Crippen LogP contribution >= 0.6 is 23.2 Å². The number of sulfonamides is 1. The van der Waals surface area contributed by atoms with Crippen molar-refractivity contribution in [2.24, 2.45) is 0 Å². The van der Waals surface area contributed by atoms with Crippen LogP contribution in [0.2, 0.25) is 10.0 Å².